The first kappa shape index (κ1) is 13.4. The molecule has 0 aromatic carbocycles. The number of anilines is 2. The van der Waals surface area contributed by atoms with Crippen molar-refractivity contribution in [2.45, 2.75) is 38.1 Å². The predicted molar refractivity (Wildman–Crippen MR) is 70.9 cm³/mol. The Hall–Kier alpha value is -2.05. The van der Waals surface area contributed by atoms with Gasteiger partial charge in [-0.2, -0.15) is 0 Å². The lowest BCUT2D eigenvalue weighted by Gasteiger charge is -2.36. The van der Waals surface area contributed by atoms with Gasteiger partial charge in [0.1, 0.15) is 11.2 Å². The van der Waals surface area contributed by atoms with Crippen LogP contribution in [0.25, 0.3) is 0 Å². The molecule has 1 aliphatic rings. The van der Waals surface area contributed by atoms with Crippen LogP contribution in [-0.4, -0.2) is 26.6 Å². The van der Waals surface area contributed by atoms with Crippen LogP contribution in [0.2, 0.25) is 0 Å². The molecule has 0 atom stereocenters. The number of hydrogen-bond acceptors (Lipinski definition) is 5. The van der Waals surface area contributed by atoms with Gasteiger partial charge in [0.25, 0.3) is 5.56 Å². The summed E-state index contributed by atoms with van der Waals surface area (Å²) >= 11 is 0. The molecule has 0 unspecified atom stereocenters. The van der Waals surface area contributed by atoms with Crippen molar-refractivity contribution >= 4 is 17.5 Å². The van der Waals surface area contributed by atoms with Gasteiger partial charge in [-0.25, -0.2) is 9.78 Å². The summed E-state index contributed by atoms with van der Waals surface area (Å²) in [5, 5.41) is 12.3. The van der Waals surface area contributed by atoms with Gasteiger partial charge in [0.05, 0.1) is 6.33 Å². The van der Waals surface area contributed by atoms with E-state index in [4.69, 9.17) is 5.73 Å². The maximum atomic E-state index is 11.6. The van der Waals surface area contributed by atoms with Crippen LogP contribution in [0.3, 0.4) is 0 Å². The van der Waals surface area contributed by atoms with E-state index in [1.54, 1.807) is 0 Å². The van der Waals surface area contributed by atoms with Gasteiger partial charge in [0.15, 0.2) is 5.82 Å². The van der Waals surface area contributed by atoms with Crippen LogP contribution in [0.15, 0.2) is 11.1 Å². The predicted octanol–water partition coefficient (Wildman–Crippen LogP) is 0.797. The Morgan fingerprint density at radius 3 is 2.79 bits per heavy atom. The largest absolute Gasteiger partial charge is 0.480 e. The number of nitrogen functional groups attached to an aromatic ring is 1. The van der Waals surface area contributed by atoms with Crippen molar-refractivity contribution in [3.8, 4) is 0 Å². The highest BCUT2D eigenvalue weighted by atomic mass is 16.4. The van der Waals surface area contributed by atoms with Crippen LogP contribution in [-0.2, 0) is 4.79 Å². The lowest BCUT2D eigenvalue weighted by Crippen LogP contribution is -2.49. The molecular weight excluding hydrogens is 248 g/mol. The van der Waals surface area contributed by atoms with E-state index >= 15 is 0 Å². The highest BCUT2D eigenvalue weighted by molar-refractivity contribution is 5.83. The monoisotopic (exact) mass is 266 g/mol. The number of carbonyl (C=O) groups is 1. The zero-order valence-corrected chi connectivity index (χ0v) is 10.8. The van der Waals surface area contributed by atoms with Crippen molar-refractivity contribution in [2.24, 2.45) is 5.92 Å². The van der Waals surface area contributed by atoms with Gasteiger partial charge in [-0.1, -0.05) is 6.92 Å². The first-order valence-corrected chi connectivity index (χ1v) is 6.29. The number of nitrogens with zero attached hydrogens (tertiary/aromatic N) is 1. The molecule has 0 aliphatic heterocycles. The third kappa shape index (κ3) is 2.54. The van der Waals surface area contributed by atoms with Crippen LogP contribution in [0.4, 0.5) is 11.5 Å². The standard InChI is InChI=1S/C12H18N4O3/c1-7-2-4-12(5-3-7,11(18)19)16-9-8(13)10(17)15-6-14-9/h6-7H,2-5,13H2,1H3,(H,18,19)(H2,14,15,16,17). The third-order valence-electron chi connectivity index (χ3n) is 3.78. The second-order valence-corrected chi connectivity index (χ2v) is 5.19. The number of rotatable bonds is 3. The maximum absolute atomic E-state index is 11.6. The van der Waals surface area contributed by atoms with E-state index in [2.05, 4.69) is 22.2 Å². The van der Waals surface area contributed by atoms with Gasteiger partial charge >= 0.3 is 5.97 Å². The van der Waals surface area contributed by atoms with E-state index < -0.39 is 17.1 Å². The highest BCUT2D eigenvalue weighted by Gasteiger charge is 2.41. The Balaban J connectivity index is 2.29. The Morgan fingerprint density at radius 1 is 1.58 bits per heavy atom. The number of aromatic nitrogens is 2. The van der Waals surface area contributed by atoms with Gasteiger partial charge in [-0.05, 0) is 31.6 Å². The number of carboxylic acid groups (broad SMARTS) is 1. The average Bonchev–Trinajstić information content (AvgIpc) is 2.37. The van der Waals surface area contributed by atoms with Crippen LogP contribution in [0.5, 0.6) is 0 Å². The van der Waals surface area contributed by atoms with E-state index in [0.29, 0.717) is 18.8 Å². The van der Waals surface area contributed by atoms with Gasteiger partial charge in [-0.3, -0.25) is 4.79 Å². The van der Waals surface area contributed by atoms with Crippen LogP contribution in [0.1, 0.15) is 32.6 Å². The second-order valence-electron chi connectivity index (χ2n) is 5.19. The molecule has 2 rings (SSSR count). The molecule has 7 heteroatoms. The maximum Gasteiger partial charge on any atom is 0.329 e. The molecule has 1 heterocycles. The van der Waals surface area contributed by atoms with Crippen LogP contribution >= 0.6 is 0 Å². The van der Waals surface area contributed by atoms with Gasteiger partial charge in [0, 0.05) is 0 Å². The number of carboxylic acids is 1. The van der Waals surface area contributed by atoms with Crippen molar-refractivity contribution in [3.05, 3.63) is 16.7 Å². The molecule has 7 nitrogen and oxygen atoms in total. The Labute approximate surface area is 110 Å². The number of H-pyrrole nitrogens is 1. The quantitative estimate of drug-likeness (QED) is 0.642. The zero-order chi connectivity index (χ0) is 14.0. The Bertz CT molecular complexity index is 532. The molecule has 0 saturated heterocycles. The molecule has 5 N–H and O–H groups in total. The van der Waals surface area contributed by atoms with Crippen molar-refractivity contribution in [3.63, 3.8) is 0 Å². The fourth-order valence-electron chi connectivity index (χ4n) is 2.38. The average molecular weight is 266 g/mol. The van der Waals surface area contributed by atoms with Gasteiger partial charge < -0.3 is 21.1 Å². The minimum Gasteiger partial charge on any atom is -0.480 e. The number of nitrogens with one attached hydrogen (secondary N) is 2. The minimum atomic E-state index is -1.08. The number of hydrogen-bond donors (Lipinski definition) is 4. The number of nitrogens with two attached hydrogens (primary N) is 1. The smallest absolute Gasteiger partial charge is 0.329 e. The molecule has 1 aromatic heterocycles. The molecule has 1 fully saturated rings. The number of aliphatic carboxylic acids is 1. The lowest BCUT2D eigenvalue weighted by molar-refractivity contribution is -0.143. The summed E-state index contributed by atoms with van der Waals surface area (Å²) in [6.07, 6.45) is 3.85. The van der Waals surface area contributed by atoms with E-state index in [0.717, 1.165) is 12.8 Å². The summed E-state index contributed by atoms with van der Waals surface area (Å²) in [7, 11) is 0. The van der Waals surface area contributed by atoms with Crippen molar-refractivity contribution in [2.75, 3.05) is 11.1 Å². The summed E-state index contributed by atoms with van der Waals surface area (Å²) in [6.45, 7) is 2.10. The van der Waals surface area contributed by atoms with E-state index in [-0.39, 0.29) is 11.5 Å². The van der Waals surface area contributed by atoms with E-state index in [1.165, 1.54) is 6.33 Å². The molecule has 1 aromatic rings. The minimum absolute atomic E-state index is 0.0817. The molecule has 0 radical (unpaired) electrons. The summed E-state index contributed by atoms with van der Waals surface area (Å²) in [5.74, 6) is -0.277. The molecule has 19 heavy (non-hydrogen) atoms. The summed E-state index contributed by atoms with van der Waals surface area (Å²) in [5.41, 5.74) is 3.99. The zero-order valence-electron chi connectivity index (χ0n) is 10.8. The molecule has 1 aliphatic carbocycles. The molecule has 0 amide bonds. The van der Waals surface area contributed by atoms with Gasteiger partial charge in [-0.15, -0.1) is 0 Å². The molecule has 104 valence electrons. The fourth-order valence-corrected chi connectivity index (χ4v) is 2.38. The fraction of sp³-hybridized carbons (Fsp3) is 0.583. The highest BCUT2D eigenvalue weighted by Crippen LogP contribution is 2.35. The Kier molecular flexibility index (Phi) is 3.46. The summed E-state index contributed by atoms with van der Waals surface area (Å²) in [4.78, 5) is 29.2. The normalized spacial score (nSPS) is 26.9. The SMILES string of the molecule is CC1CCC(Nc2nc[nH]c(=O)c2N)(C(=O)O)CC1. The van der Waals surface area contributed by atoms with Crippen LogP contribution in [0, 0.1) is 5.92 Å². The number of aromatic amines is 1. The van der Waals surface area contributed by atoms with Crippen molar-refractivity contribution < 1.29 is 9.90 Å². The first-order valence-electron chi connectivity index (χ1n) is 6.29. The van der Waals surface area contributed by atoms with E-state index in [9.17, 15) is 14.7 Å². The second kappa shape index (κ2) is 4.91. The van der Waals surface area contributed by atoms with E-state index in [1.807, 2.05) is 0 Å². The van der Waals surface area contributed by atoms with Crippen molar-refractivity contribution in [1.29, 1.82) is 0 Å². The van der Waals surface area contributed by atoms with Crippen molar-refractivity contribution in [1.82, 2.24) is 9.97 Å². The molecule has 0 bridgehead atoms. The van der Waals surface area contributed by atoms with Crippen LogP contribution < -0.4 is 16.6 Å². The Morgan fingerprint density at radius 2 is 2.21 bits per heavy atom. The van der Waals surface area contributed by atoms with Gasteiger partial charge in [0.2, 0.25) is 0 Å². The summed E-state index contributed by atoms with van der Waals surface area (Å²) in [6, 6.07) is 0. The first-order chi connectivity index (χ1) is 8.94. The topological polar surface area (TPSA) is 121 Å². The molecule has 0 spiro atoms. The molecule has 1 saturated carbocycles. The third-order valence-corrected chi connectivity index (χ3v) is 3.78. The molecular formula is C12H18N4O3. The lowest BCUT2D eigenvalue weighted by atomic mass is 9.77. The summed E-state index contributed by atoms with van der Waals surface area (Å²) < 4.78 is 0.